The Bertz CT molecular complexity index is 734. The SMILES string of the molecule is CC(=O)OC(C)C=CCCN1CN(C)c2c1n(C)c(=O)[nH]c2=O. The standard InChI is InChI=1S/C15H22N4O4/c1-10(23-11(2)20)7-5-6-8-19-9-17(3)12-13(21)16-15(22)18(4)14(12)19/h5,7,10H,6,8-9H2,1-4H3,(H,16,21,22). The van der Waals surface area contributed by atoms with Gasteiger partial charge in [0.1, 0.15) is 17.6 Å². The van der Waals surface area contributed by atoms with E-state index in [0.29, 0.717) is 31.1 Å². The summed E-state index contributed by atoms with van der Waals surface area (Å²) in [7, 11) is 3.46. The maximum atomic E-state index is 12.0. The van der Waals surface area contributed by atoms with Crippen LogP contribution in [0.15, 0.2) is 21.7 Å². The van der Waals surface area contributed by atoms with Gasteiger partial charge in [0.15, 0.2) is 0 Å². The van der Waals surface area contributed by atoms with Gasteiger partial charge in [0.2, 0.25) is 0 Å². The Hall–Kier alpha value is -2.51. The first-order valence-electron chi connectivity index (χ1n) is 7.44. The predicted octanol–water partition coefficient (Wildman–Crippen LogP) is 0.185. The molecule has 1 N–H and O–H groups in total. The van der Waals surface area contributed by atoms with E-state index < -0.39 is 5.69 Å². The number of ether oxygens (including phenoxy) is 1. The van der Waals surface area contributed by atoms with E-state index in [9.17, 15) is 14.4 Å². The van der Waals surface area contributed by atoms with E-state index in [-0.39, 0.29) is 17.6 Å². The summed E-state index contributed by atoms with van der Waals surface area (Å²) >= 11 is 0. The Kier molecular flexibility index (Phi) is 4.92. The Morgan fingerprint density at radius 3 is 2.74 bits per heavy atom. The van der Waals surface area contributed by atoms with Crippen molar-refractivity contribution in [2.45, 2.75) is 26.4 Å². The lowest BCUT2D eigenvalue weighted by atomic mass is 10.3. The van der Waals surface area contributed by atoms with Crippen LogP contribution in [0, 0.1) is 0 Å². The van der Waals surface area contributed by atoms with Crippen molar-refractivity contribution in [2.75, 3.05) is 30.1 Å². The third-order valence-electron chi connectivity index (χ3n) is 3.66. The van der Waals surface area contributed by atoms with Crippen LogP contribution < -0.4 is 21.0 Å². The van der Waals surface area contributed by atoms with Gasteiger partial charge in [-0.1, -0.05) is 6.08 Å². The fraction of sp³-hybridized carbons (Fsp3) is 0.533. The van der Waals surface area contributed by atoms with Gasteiger partial charge in [-0.25, -0.2) is 4.79 Å². The zero-order valence-electron chi connectivity index (χ0n) is 13.8. The summed E-state index contributed by atoms with van der Waals surface area (Å²) in [6.45, 7) is 4.36. The maximum Gasteiger partial charge on any atom is 0.329 e. The number of carbonyl (C=O) groups is 1. The molecule has 0 amide bonds. The van der Waals surface area contributed by atoms with Gasteiger partial charge in [-0.05, 0) is 19.4 Å². The lowest BCUT2D eigenvalue weighted by Crippen LogP contribution is -2.32. The fourth-order valence-electron chi connectivity index (χ4n) is 2.69. The highest BCUT2D eigenvalue weighted by molar-refractivity contribution is 5.71. The summed E-state index contributed by atoms with van der Waals surface area (Å²) in [5, 5.41) is 0. The van der Waals surface area contributed by atoms with Gasteiger partial charge < -0.3 is 14.5 Å². The van der Waals surface area contributed by atoms with Crippen LogP contribution in [0.5, 0.6) is 0 Å². The Morgan fingerprint density at radius 2 is 2.09 bits per heavy atom. The van der Waals surface area contributed by atoms with Crippen molar-refractivity contribution in [3.8, 4) is 0 Å². The third-order valence-corrected chi connectivity index (χ3v) is 3.66. The summed E-state index contributed by atoms with van der Waals surface area (Å²) in [4.78, 5) is 40.7. The summed E-state index contributed by atoms with van der Waals surface area (Å²) in [5.41, 5.74) is -0.287. The van der Waals surface area contributed by atoms with Crippen molar-refractivity contribution in [2.24, 2.45) is 7.05 Å². The van der Waals surface area contributed by atoms with Crippen molar-refractivity contribution < 1.29 is 9.53 Å². The van der Waals surface area contributed by atoms with E-state index in [4.69, 9.17) is 4.74 Å². The van der Waals surface area contributed by atoms with Crippen LogP contribution in [0.25, 0.3) is 0 Å². The number of H-pyrrole nitrogens is 1. The molecule has 1 aromatic heterocycles. The van der Waals surface area contributed by atoms with E-state index in [1.54, 1.807) is 14.0 Å². The lowest BCUT2D eigenvalue weighted by molar-refractivity contribution is -0.143. The molecule has 0 aromatic carbocycles. The predicted molar refractivity (Wildman–Crippen MR) is 87.9 cm³/mol. The molecule has 2 heterocycles. The van der Waals surface area contributed by atoms with Crippen molar-refractivity contribution in [1.82, 2.24) is 9.55 Å². The van der Waals surface area contributed by atoms with Gasteiger partial charge in [0.25, 0.3) is 5.56 Å². The van der Waals surface area contributed by atoms with E-state index in [0.717, 1.165) is 0 Å². The van der Waals surface area contributed by atoms with Gasteiger partial charge >= 0.3 is 11.7 Å². The smallest absolute Gasteiger partial charge is 0.329 e. The molecule has 8 nitrogen and oxygen atoms in total. The molecule has 1 aromatic rings. The van der Waals surface area contributed by atoms with Gasteiger partial charge in [-0.15, -0.1) is 0 Å². The minimum absolute atomic E-state index is 0.270. The topological polar surface area (TPSA) is 87.6 Å². The monoisotopic (exact) mass is 322 g/mol. The van der Waals surface area contributed by atoms with Crippen LogP contribution in [0.3, 0.4) is 0 Å². The first-order chi connectivity index (χ1) is 10.8. The average Bonchev–Trinajstić information content (AvgIpc) is 2.77. The molecule has 0 saturated heterocycles. The Balaban J connectivity index is 2.08. The molecule has 0 saturated carbocycles. The summed E-state index contributed by atoms with van der Waals surface area (Å²) < 4.78 is 6.46. The first-order valence-corrected chi connectivity index (χ1v) is 7.44. The first kappa shape index (κ1) is 16.9. The number of hydrogen-bond donors (Lipinski definition) is 1. The molecule has 0 radical (unpaired) electrons. The number of carbonyl (C=O) groups excluding carboxylic acids is 1. The van der Waals surface area contributed by atoms with E-state index in [1.165, 1.54) is 11.5 Å². The van der Waals surface area contributed by atoms with Crippen molar-refractivity contribution in [3.63, 3.8) is 0 Å². The largest absolute Gasteiger partial charge is 0.459 e. The van der Waals surface area contributed by atoms with Crippen LogP contribution in [-0.4, -0.2) is 41.9 Å². The highest BCUT2D eigenvalue weighted by Gasteiger charge is 2.28. The third kappa shape index (κ3) is 3.64. The van der Waals surface area contributed by atoms with Gasteiger partial charge in [-0.3, -0.25) is 19.1 Å². The van der Waals surface area contributed by atoms with Crippen LogP contribution in [0.4, 0.5) is 11.5 Å². The number of nitrogens with one attached hydrogen (secondary N) is 1. The Morgan fingerprint density at radius 1 is 1.39 bits per heavy atom. The van der Waals surface area contributed by atoms with Crippen LogP contribution in [0.2, 0.25) is 0 Å². The number of nitrogens with zero attached hydrogens (tertiary/aromatic N) is 3. The molecule has 8 heteroatoms. The fourth-order valence-corrected chi connectivity index (χ4v) is 2.69. The van der Waals surface area contributed by atoms with E-state index >= 15 is 0 Å². The number of aromatic nitrogens is 2. The van der Waals surface area contributed by atoms with Crippen LogP contribution in [0.1, 0.15) is 20.3 Å². The van der Waals surface area contributed by atoms with Gasteiger partial charge in [0, 0.05) is 27.6 Å². The molecular formula is C15H22N4O4. The van der Waals surface area contributed by atoms with Crippen molar-refractivity contribution >= 4 is 17.5 Å². The van der Waals surface area contributed by atoms with E-state index in [1.807, 2.05) is 29.0 Å². The molecule has 1 atom stereocenters. The molecule has 126 valence electrons. The van der Waals surface area contributed by atoms with Crippen molar-refractivity contribution in [3.05, 3.63) is 33.0 Å². The highest BCUT2D eigenvalue weighted by atomic mass is 16.5. The Labute approximate surface area is 134 Å². The number of aromatic amines is 1. The second kappa shape index (κ2) is 6.72. The molecule has 0 fully saturated rings. The molecule has 1 aliphatic heterocycles. The summed E-state index contributed by atoms with van der Waals surface area (Å²) in [6.07, 6.45) is 4.18. The number of rotatable bonds is 5. The highest BCUT2D eigenvalue weighted by Crippen LogP contribution is 2.29. The molecule has 23 heavy (non-hydrogen) atoms. The zero-order chi connectivity index (χ0) is 17.1. The van der Waals surface area contributed by atoms with Crippen molar-refractivity contribution in [1.29, 1.82) is 0 Å². The maximum absolute atomic E-state index is 12.0. The second-order valence-electron chi connectivity index (χ2n) is 5.62. The molecule has 1 aliphatic rings. The molecular weight excluding hydrogens is 300 g/mol. The molecule has 0 aliphatic carbocycles. The normalized spacial score (nSPS) is 15.1. The number of anilines is 2. The van der Waals surface area contributed by atoms with Crippen LogP contribution in [-0.2, 0) is 16.6 Å². The minimum Gasteiger partial charge on any atom is -0.459 e. The minimum atomic E-state index is -0.423. The second-order valence-corrected chi connectivity index (χ2v) is 5.62. The number of esters is 1. The van der Waals surface area contributed by atoms with Crippen LogP contribution >= 0.6 is 0 Å². The molecule has 1 unspecified atom stereocenters. The average molecular weight is 322 g/mol. The number of hydrogen-bond acceptors (Lipinski definition) is 6. The number of fused-ring (bicyclic) bond motifs is 1. The summed E-state index contributed by atoms with van der Waals surface area (Å²) in [6, 6.07) is 0. The lowest BCUT2D eigenvalue weighted by Gasteiger charge is -2.19. The van der Waals surface area contributed by atoms with Gasteiger partial charge in [-0.2, -0.15) is 0 Å². The van der Waals surface area contributed by atoms with Gasteiger partial charge in [0.05, 0.1) is 6.67 Å². The molecule has 2 rings (SSSR count). The molecule has 0 spiro atoms. The summed E-state index contributed by atoms with van der Waals surface area (Å²) in [5.74, 6) is 0.314. The molecule has 0 bridgehead atoms. The van der Waals surface area contributed by atoms with E-state index in [2.05, 4.69) is 4.98 Å². The quantitative estimate of drug-likeness (QED) is 0.615. The zero-order valence-corrected chi connectivity index (χ0v) is 13.8.